The number of hydrogen-bond acceptors (Lipinski definition) is 6. The number of nitrogen functional groups attached to an aromatic ring is 1. The third-order valence-electron chi connectivity index (χ3n) is 2.82. The summed E-state index contributed by atoms with van der Waals surface area (Å²) in [6.45, 7) is 0.314. The lowest BCUT2D eigenvalue weighted by Gasteiger charge is -2.22. The van der Waals surface area contributed by atoms with Crippen molar-refractivity contribution in [1.82, 2.24) is 10.2 Å². The highest BCUT2D eigenvalue weighted by atomic mass is 16.1. The molecule has 7 nitrogen and oxygen atoms in total. The van der Waals surface area contributed by atoms with E-state index in [1.54, 1.807) is 23.1 Å². The molecule has 1 aromatic heterocycles. The summed E-state index contributed by atoms with van der Waals surface area (Å²) in [5, 5.41) is 16.8. The zero-order chi connectivity index (χ0) is 15.2. The highest BCUT2D eigenvalue weighted by Crippen LogP contribution is 2.18. The Kier molecular flexibility index (Phi) is 4.31. The normalized spacial score (nSPS) is 9.86. The molecule has 21 heavy (non-hydrogen) atoms. The van der Waals surface area contributed by atoms with Gasteiger partial charge in [0, 0.05) is 12.2 Å². The lowest BCUT2D eigenvalue weighted by molar-refractivity contribution is -0.116. The van der Waals surface area contributed by atoms with Crippen LogP contribution in [-0.4, -0.2) is 22.6 Å². The zero-order valence-corrected chi connectivity index (χ0v) is 11.2. The Hall–Kier alpha value is -3.14. The first-order valence-electron chi connectivity index (χ1n) is 6.19. The Balaban J connectivity index is 2.32. The van der Waals surface area contributed by atoms with Crippen molar-refractivity contribution in [2.75, 3.05) is 17.2 Å². The van der Waals surface area contributed by atoms with E-state index >= 15 is 0 Å². The van der Waals surface area contributed by atoms with Gasteiger partial charge in [0.1, 0.15) is 6.07 Å². The van der Waals surface area contributed by atoms with Crippen LogP contribution in [0.2, 0.25) is 0 Å². The number of carbonyl (C=O) groups excluding carboxylic acids is 1. The second kappa shape index (κ2) is 6.34. The van der Waals surface area contributed by atoms with Crippen molar-refractivity contribution in [3.05, 3.63) is 47.7 Å². The summed E-state index contributed by atoms with van der Waals surface area (Å²) >= 11 is 0. The molecule has 0 aliphatic heterocycles. The van der Waals surface area contributed by atoms with E-state index in [2.05, 4.69) is 10.2 Å². The van der Waals surface area contributed by atoms with E-state index in [1.165, 1.54) is 6.20 Å². The van der Waals surface area contributed by atoms with Crippen molar-refractivity contribution < 1.29 is 4.79 Å². The molecule has 0 fully saturated rings. The first-order valence-corrected chi connectivity index (χ1v) is 6.19. The monoisotopic (exact) mass is 282 g/mol. The number of aromatic nitrogens is 2. The van der Waals surface area contributed by atoms with Gasteiger partial charge in [0.25, 0.3) is 0 Å². The predicted molar refractivity (Wildman–Crippen MR) is 77.8 cm³/mol. The van der Waals surface area contributed by atoms with Crippen LogP contribution in [0, 0.1) is 11.3 Å². The number of amides is 1. The molecule has 106 valence electrons. The largest absolute Gasteiger partial charge is 0.399 e. The molecule has 0 aliphatic carbocycles. The summed E-state index contributed by atoms with van der Waals surface area (Å²) in [6, 6.07) is 10.8. The van der Waals surface area contributed by atoms with E-state index in [0.29, 0.717) is 23.6 Å². The van der Waals surface area contributed by atoms with Crippen molar-refractivity contribution in [1.29, 1.82) is 5.26 Å². The van der Waals surface area contributed by atoms with E-state index in [1.807, 2.05) is 18.2 Å². The quantitative estimate of drug-likeness (QED) is 0.766. The predicted octanol–water partition coefficient (Wildman–Crippen LogP) is 0.422. The standard InChI is InChI=1S/C14H14N6O/c15-7-11-5-6-18-19-14(11)20(9-13(17)21)8-10-1-3-12(16)4-2-10/h1-6H,8-9,16H2,(H2,17,21). The molecule has 1 heterocycles. The van der Waals surface area contributed by atoms with Crippen LogP contribution >= 0.6 is 0 Å². The molecule has 2 rings (SSSR count). The molecular weight excluding hydrogens is 268 g/mol. The Morgan fingerprint density at radius 2 is 2.00 bits per heavy atom. The Morgan fingerprint density at radius 3 is 2.62 bits per heavy atom. The van der Waals surface area contributed by atoms with Gasteiger partial charge in [-0.2, -0.15) is 10.4 Å². The number of nitrogens with two attached hydrogens (primary N) is 2. The van der Waals surface area contributed by atoms with E-state index in [0.717, 1.165) is 5.56 Å². The minimum Gasteiger partial charge on any atom is -0.399 e. The number of hydrogen-bond donors (Lipinski definition) is 2. The fourth-order valence-electron chi connectivity index (χ4n) is 1.88. The Labute approximate surface area is 121 Å². The minimum absolute atomic E-state index is 0.0578. The van der Waals surface area contributed by atoms with Crippen LogP contribution in [0.3, 0.4) is 0 Å². The van der Waals surface area contributed by atoms with E-state index in [4.69, 9.17) is 16.7 Å². The molecule has 1 amide bonds. The third kappa shape index (κ3) is 3.67. The minimum atomic E-state index is -0.514. The van der Waals surface area contributed by atoms with Crippen LogP contribution in [0.5, 0.6) is 0 Å². The topological polar surface area (TPSA) is 122 Å². The summed E-state index contributed by atoms with van der Waals surface area (Å²) in [5.74, 6) is -0.185. The zero-order valence-electron chi connectivity index (χ0n) is 11.2. The fourth-order valence-corrected chi connectivity index (χ4v) is 1.88. The molecule has 0 unspecified atom stereocenters. The van der Waals surface area contributed by atoms with Crippen molar-refractivity contribution in [3.8, 4) is 6.07 Å². The van der Waals surface area contributed by atoms with Crippen LogP contribution in [0.4, 0.5) is 11.5 Å². The first-order chi connectivity index (χ1) is 10.1. The highest BCUT2D eigenvalue weighted by molar-refractivity contribution is 5.79. The molecule has 0 atom stereocenters. The van der Waals surface area contributed by atoms with Crippen LogP contribution in [0.25, 0.3) is 0 Å². The average molecular weight is 282 g/mol. The molecule has 0 radical (unpaired) electrons. The number of carbonyl (C=O) groups is 1. The lowest BCUT2D eigenvalue weighted by Crippen LogP contribution is -2.34. The maximum atomic E-state index is 11.3. The second-order valence-electron chi connectivity index (χ2n) is 4.44. The van der Waals surface area contributed by atoms with E-state index < -0.39 is 5.91 Å². The maximum absolute atomic E-state index is 11.3. The summed E-state index contributed by atoms with van der Waals surface area (Å²) in [5.41, 5.74) is 12.8. The molecule has 4 N–H and O–H groups in total. The van der Waals surface area contributed by atoms with Gasteiger partial charge in [-0.05, 0) is 23.8 Å². The van der Waals surface area contributed by atoms with Gasteiger partial charge >= 0.3 is 0 Å². The number of anilines is 2. The van der Waals surface area contributed by atoms with Crippen molar-refractivity contribution in [2.24, 2.45) is 5.73 Å². The average Bonchev–Trinajstić information content (AvgIpc) is 2.48. The first kappa shape index (κ1) is 14.3. The SMILES string of the molecule is N#Cc1ccnnc1N(CC(N)=O)Cc1ccc(N)cc1. The van der Waals surface area contributed by atoms with Crippen molar-refractivity contribution >= 4 is 17.4 Å². The van der Waals surface area contributed by atoms with Gasteiger partial charge < -0.3 is 16.4 Å². The van der Waals surface area contributed by atoms with Crippen LogP contribution in [0.15, 0.2) is 36.5 Å². The molecule has 0 aliphatic rings. The lowest BCUT2D eigenvalue weighted by atomic mass is 10.2. The maximum Gasteiger partial charge on any atom is 0.237 e. The summed E-state index contributed by atoms with van der Waals surface area (Å²) < 4.78 is 0. The van der Waals surface area contributed by atoms with Crippen LogP contribution < -0.4 is 16.4 Å². The number of benzene rings is 1. The Morgan fingerprint density at radius 1 is 1.29 bits per heavy atom. The molecule has 2 aromatic rings. The summed E-state index contributed by atoms with van der Waals surface area (Å²) in [4.78, 5) is 12.9. The molecule has 0 spiro atoms. The van der Waals surface area contributed by atoms with Crippen LogP contribution in [-0.2, 0) is 11.3 Å². The summed E-state index contributed by atoms with van der Waals surface area (Å²) in [7, 11) is 0. The third-order valence-corrected chi connectivity index (χ3v) is 2.82. The van der Waals surface area contributed by atoms with Crippen molar-refractivity contribution in [3.63, 3.8) is 0 Å². The fraction of sp³-hybridized carbons (Fsp3) is 0.143. The van der Waals surface area contributed by atoms with Gasteiger partial charge in [-0.15, -0.1) is 5.10 Å². The molecule has 0 bridgehead atoms. The van der Waals surface area contributed by atoms with Gasteiger partial charge in [0.15, 0.2) is 5.82 Å². The molecule has 7 heteroatoms. The van der Waals surface area contributed by atoms with Gasteiger partial charge in [0.2, 0.25) is 5.91 Å². The number of nitriles is 1. The van der Waals surface area contributed by atoms with Gasteiger partial charge in [0.05, 0.1) is 18.3 Å². The molecular formula is C14H14N6O. The second-order valence-corrected chi connectivity index (χ2v) is 4.44. The highest BCUT2D eigenvalue weighted by Gasteiger charge is 2.16. The molecule has 1 aromatic carbocycles. The van der Waals surface area contributed by atoms with Gasteiger partial charge in [-0.1, -0.05) is 12.1 Å². The van der Waals surface area contributed by atoms with Gasteiger partial charge in [-0.25, -0.2) is 0 Å². The molecule has 0 saturated carbocycles. The smallest absolute Gasteiger partial charge is 0.237 e. The van der Waals surface area contributed by atoms with Gasteiger partial charge in [-0.3, -0.25) is 4.79 Å². The number of rotatable bonds is 5. The number of nitrogens with zero attached hydrogens (tertiary/aromatic N) is 4. The van der Waals surface area contributed by atoms with E-state index in [9.17, 15) is 4.79 Å². The Bertz CT molecular complexity index is 677. The van der Waals surface area contributed by atoms with Crippen LogP contribution in [0.1, 0.15) is 11.1 Å². The van der Waals surface area contributed by atoms with Crippen molar-refractivity contribution in [2.45, 2.75) is 6.54 Å². The number of primary amides is 1. The molecule has 0 saturated heterocycles. The summed E-state index contributed by atoms with van der Waals surface area (Å²) in [6.07, 6.45) is 1.42. The van der Waals surface area contributed by atoms with E-state index in [-0.39, 0.29) is 6.54 Å².